The first kappa shape index (κ1) is 25.2. The van der Waals surface area contributed by atoms with Crippen LogP contribution in [-0.4, -0.2) is 19.0 Å². The third-order valence-electron chi connectivity index (χ3n) is 3.93. The van der Waals surface area contributed by atoms with Crippen LogP contribution in [0.3, 0.4) is 0 Å². The summed E-state index contributed by atoms with van der Waals surface area (Å²) < 4.78 is 0. The second-order valence-electron chi connectivity index (χ2n) is 5.99. The molecule has 0 saturated heterocycles. The van der Waals surface area contributed by atoms with Gasteiger partial charge in [-0.1, -0.05) is 42.5 Å². The molecule has 0 bridgehead atoms. The number of amides is 1. The lowest BCUT2D eigenvalue weighted by atomic mass is 10.1. The third kappa shape index (κ3) is 9.63. The van der Waals surface area contributed by atoms with E-state index >= 15 is 0 Å². The van der Waals surface area contributed by atoms with Gasteiger partial charge in [-0.05, 0) is 55.1 Å². The van der Waals surface area contributed by atoms with Crippen molar-refractivity contribution in [3.05, 3.63) is 65.2 Å². The SMILES string of the molecule is CC(=O)NOc1ccccc1CCNCCCc1ccc(CN)cc1.Cl.Cl. The van der Waals surface area contributed by atoms with E-state index in [1.54, 1.807) is 0 Å². The number of carbonyl (C=O) groups is 1. The van der Waals surface area contributed by atoms with Crippen LogP contribution >= 0.6 is 24.8 Å². The highest BCUT2D eigenvalue weighted by molar-refractivity contribution is 5.85. The molecule has 0 heterocycles. The molecule has 0 spiro atoms. The number of halogens is 2. The number of carbonyl (C=O) groups excluding carboxylic acids is 1. The molecule has 7 heteroatoms. The summed E-state index contributed by atoms with van der Waals surface area (Å²) in [6, 6.07) is 16.2. The number of hydrogen-bond donors (Lipinski definition) is 3. The van der Waals surface area contributed by atoms with Gasteiger partial charge >= 0.3 is 0 Å². The minimum Gasteiger partial charge on any atom is -0.379 e. The van der Waals surface area contributed by atoms with Crippen LogP contribution in [0, 0.1) is 0 Å². The topological polar surface area (TPSA) is 76.4 Å². The number of nitrogens with one attached hydrogen (secondary N) is 2. The summed E-state index contributed by atoms with van der Waals surface area (Å²) in [5, 5.41) is 3.46. The molecule has 0 aromatic heterocycles. The number of aryl methyl sites for hydroxylation is 1. The maximum Gasteiger partial charge on any atom is 0.249 e. The monoisotopic (exact) mass is 413 g/mol. The Kier molecular flexibility index (Phi) is 13.3. The molecule has 0 fully saturated rings. The summed E-state index contributed by atoms with van der Waals surface area (Å²) in [5.74, 6) is 0.479. The zero-order valence-corrected chi connectivity index (χ0v) is 17.2. The molecule has 0 aliphatic heterocycles. The smallest absolute Gasteiger partial charge is 0.249 e. The number of nitrogens with two attached hydrogens (primary N) is 1. The van der Waals surface area contributed by atoms with Crippen molar-refractivity contribution in [2.24, 2.45) is 5.73 Å². The van der Waals surface area contributed by atoms with E-state index in [4.69, 9.17) is 10.6 Å². The van der Waals surface area contributed by atoms with Crippen molar-refractivity contribution in [2.45, 2.75) is 32.7 Å². The van der Waals surface area contributed by atoms with Gasteiger partial charge in [0.05, 0.1) is 0 Å². The molecule has 150 valence electrons. The molecule has 4 N–H and O–H groups in total. The molecule has 0 aliphatic carbocycles. The van der Waals surface area contributed by atoms with Crippen molar-refractivity contribution in [3.63, 3.8) is 0 Å². The van der Waals surface area contributed by atoms with Gasteiger partial charge in [-0.15, -0.1) is 24.8 Å². The Morgan fingerprint density at radius 3 is 2.30 bits per heavy atom. The molecule has 0 atom stereocenters. The molecule has 0 aliphatic rings. The van der Waals surface area contributed by atoms with Crippen LogP contribution in [-0.2, 0) is 24.2 Å². The van der Waals surface area contributed by atoms with Crippen LogP contribution < -0.4 is 21.4 Å². The van der Waals surface area contributed by atoms with Crippen LogP contribution in [0.2, 0.25) is 0 Å². The van der Waals surface area contributed by atoms with Crippen LogP contribution in [0.25, 0.3) is 0 Å². The Bertz CT molecular complexity index is 667. The average molecular weight is 414 g/mol. The normalized spacial score (nSPS) is 9.70. The maximum atomic E-state index is 11.0. The standard InChI is InChI=1S/C20H27N3O2.2ClH/c1-16(24)23-25-20-7-3-2-6-19(20)12-14-22-13-4-5-17-8-10-18(15-21)11-9-17;;/h2-3,6-11,22H,4-5,12-15,21H2,1H3,(H,23,24);2*1H. The van der Waals surface area contributed by atoms with Crippen molar-refractivity contribution < 1.29 is 9.63 Å². The lowest BCUT2D eigenvalue weighted by Gasteiger charge is -2.11. The van der Waals surface area contributed by atoms with Gasteiger partial charge in [0.1, 0.15) is 0 Å². The third-order valence-corrected chi connectivity index (χ3v) is 3.93. The Labute approximate surface area is 173 Å². The molecule has 0 saturated carbocycles. The first-order chi connectivity index (χ1) is 12.2. The zero-order chi connectivity index (χ0) is 17.9. The molecule has 2 aromatic carbocycles. The van der Waals surface area contributed by atoms with E-state index in [0.29, 0.717) is 12.3 Å². The fourth-order valence-electron chi connectivity index (χ4n) is 2.54. The molecular weight excluding hydrogens is 385 g/mol. The predicted molar refractivity (Wildman–Crippen MR) is 115 cm³/mol. The maximum absolute atomic E-state index is 11.0. The number of hydrogen-bond acceptors (Lipinski definition) is 4. The highest BCUT2D eigenvalue weighted by atomic mass is 35.5. The van der Waals surface area contributed by atoms with Crippen LogP contribution in [0.15, 0.2) is 48.5 Å². The highest BCUT2D eigenvalue weighted by Crippen LogP contribution is 2.17. The lowest BCUT2D eigenvalue weighted by molar-refractivity contribution is -0.125. The Balaban J connectivity index is 0.00000338. The summed E-state index contributed by atoms with van der Waals surface area (Å²) in [7, 11) is 0. The molecule has 1 amide bonds. The molecule has 2 rings (SSSR count). The van der Waals surface area contributed by atoms with E-state index in [0.717, 1.165) is 37.9 Å². The molecule has 0 unspecified atom stereocenters. The van der Waals surface area contributed by atoms with Crippen LogP contribution in [0.1, 0.15) is 30.0 Å². The minimum atomic E-state index is -0.215. The molecule has 27 heavy (non-hydrogen) atoms. The summed E-state index contributed by atoms with van der Waals surface area (Å²) >= 11 is 0. The number of hydroxylamine groups is 1. The highest BCUT2D eigenvalue weighted by Gasteiger charge is 2.04. The van der Waals surface area contributed by atoms with E-state index < -0.39 is 0 Å². The summed E-state index contributed by atoms with van der Waals surface area (Å²) in [6.45, 7) is 3.85. The Morgan fingerprint density at radius 2 is 1.63 bits per heavy atom. The van der Waals surface area contributed by atoms with E-state index in [1.165, 1.54) is 18.1 Å². The number of rotatable bonds is 10. The lowest BCUT2D eigenvalue weighted by Crippen LogP contribution is -2.25. The Morgan fingerprint density at radius 1 is 0.963 bits per heavy atom. The largest absolute Gasteiger partial charge is 0.379 e. The van der Waals surface area contributed by atoms with E-state index in [1.807, 2.05) is 24.3 Å². The van der Waals surface area contributed by atoms with E-state index in [-0.39, 0.29) is 30.7 Å². The van der Waals surface area contributed by atoms with Crippen LogP contribution in [0.4, 0.5) is 0 Å². The van der Waals surface area contributed by atoms with E-state index in [9.17, 15) is 4.79 Å². The van der Waals surface area contributed by atoms with Gasteiger partial charge in [0, 0.05) is 13.5 Å². The molecule has 2 aromatic rings. The van der Waals surface area contributed by atoms with Crippen molar-refractivity contribution in [2.75, 3.05) is 13.1 Å². The fraction of sp³-hybridized carbons (Fsp3) is 0.350. The van der Waals surface area contributed by atoms with Gasteiger partial charge in [0.2, 0.25) is 5.91 Å². The van der Waals surface area contributed by atoms with Gasteiger partial charge in [0.15, 0.2) is 5.75 Å². The fourth-order valence-corrected chi connectivity index (χ4v) is 2.54. The number of para-hydroxylation sites is 1. The van der Waals surface area contributed by atoms with Gasteiger partial charge in [0.25, 0.3) is 0 Å². The van der Waals surface area contributed by atoms with Crippen molar-refractivity contribution in [3.8, 4) is 5.75 Å². The molecule has 5 nitrogen and oxygen atoms in total. The first-order valence-corrected chi connectivity index (χ1v) is 8.69. The van der Waals surface area contributed by atoms with Gasteiger partial charge in [-0.2, -0.15) is 5.48 Å². The second kappa shape index (κ2) is 14.3. The molecule has 0 radical (unpaired) electrons. The summed E-state index contributed by atoms with van der Waals surface area (Å²) in [4.78, 5) is 16.3. The van der Waals surface area contributed by atoms with Gasteiger partial charge in [-0.3, -0.25) is 4.79 Å². The quantitative estimate of drug-likeness (QED) is 0.412. The summed E-state index contributed by atoms with van der Waals surface area (Å²) in [6.07, 6.45) is 2.99. The molecular formula is C20H29Cl2N3O2. The van der Waals surface area contributed by atoms with Crippen molar-refractivity contribution >= 4 is 30.7 Å². The summed E-state index contributed by atoms with van der Waals surface area (Å²) in [5.41, 5.74) is 11.6. The Hall–Kier alpha value is -1.79. The first-order valence-electron chi connectivity index (χ1n) is 8.69. The van der Waals surface area contributed by atoms with Gasteiger partial charge in [-0.25, -0.2) is 0 Å². The van der Waals surface area contributed by atoms with Gasteiger partial charge < -0.3 is 15.9 Å². The average Bonchev–Trinajstić information content (AvgIpc) is 2.64. The second-order valence-corrected chi connectivity index (χ2v) is 5.99. The zero-order valence-electron chi connectivity index (χ0n) is 15.6. The number of benzene rings is 2. The minimum absolute atomic E-state index is 0. The van der Waals surface area contributed by atoms with E-state index in [2.05, 4.69) is 35.1 Å². The predicted octanol–water partition coefficient (Wildman–Crippen LogP) is 3.18. The van der Waals surface area contributed by atoms with Crippen molar-refractivity contribution in [1.82, 2.24) is 10.8 Å². The van der Waals surface area contributed by atoms with Crippen LogP contribution in [0.5, 0.6) is 5.75 Å². The van der Waals surface area contributed by atoms with Crippen molar-refractivity contribution in [1.29, 1.82) is 0 Å².